The van der Waals surface area contributed by atoms with E-state index in [9.17, 15) is 9.59 Å². The van der Waals surface area contributed by atoms with Crippen molar-refractivity contribution < 1.29 is 14.3 Å². The summed E-state index contributed by atoms with van der Waals surface area (Å²) in [6.07, 6.45) is 4.10. The van der Waals surface area contributed by atoms with Gasteiger partial charge in [-0.05, 0) is 24.6 Å². The molecule has 1 saturated heterocycles. The molecule has 1 N–H and O–H groups in total. The van der Waals surface area contributed by atoms with Crippen molar-refractivity contribution in [3.63, 3.8) is 0 Å². The van der Waals surface area contributed by atoms with Gasteiger partial charge in [0.15, 0.2) is 0 Å². The predicted molar refractivity (Wildman–Crippen MR) is 77.2 cm³/mol. The first-order chi connectivity index (χ1) is 10.2. The third kappa shape index (κ3) is 2.69. The molecule has 0 aromatic carbocycles. The highest BCUT2D eigenvalue weighted by Gasteiger charge is 2.28. The molecular weight excluding hydrogens is 270 g/mol. The molecule has 0 spiro atoms. The molecule has 0 saturated carbocycles. The zero-order valence-electron chi connectivity index (χ0n) is 11.8. The number of amides is 2. The standard InChI is InChI=1S/C15H17N3O3/c1-21-15(20)18-7-5-12(10-18)16-14(19)11-8-13-4-2-3-6-17(13)9-11/h2-4,6,8-9,12H,5,7,10H2,1H3,(H,16,19)/t12-/m1/s1. The summed E-state index contributed by atoms with van der Waals surface area (Å²) in [5.74, 6) is -0.115. The summed E-state index contributed by atoms with van der Waals surface area (Å²) in [5.41, 5.74) is 1.60. The van der Waals surface area contributed by atoms with Crippen molar-refractivity contribution in [3.05, 3.63) is 42.2 Å². The van der Waals surface area contributed by atoms with Gasteiger partial charge in [0.05, 0.1) is 12.7 Å². The minimum Gasteiger partial charge on any atom is -0.453 e. The van der Waals surface area contributed by atoms with Gasteiger partial charge < -0.3 is 19.4 Å². The number of ether oxygens (including phenoxy) is 1. The van der Waals surface area contributed by atoms with Gasteiger partial charge in [0.1, 0.15) is 0 Å². The first-order valence-electron chi connectivity index (χ1n) is 6.88. The van der Waals surface area contributed by atoms with Crippen molar-refractivity contribution >= 4 is 17.5 Å². The molecule has 1 aliphatic heterocycles. The van der Waals surface area contributed by atoms with E-state index in [4.69, 9.17) is 0 Å². The van der Waals surface area contributed by atoms with Gasteiger partial charge in [0.2, 0.25) is 0 Å². The van der Waals surface area contributed by atoms with Gasteiger partial charge in [-0.2, -0.15) is 0 Å². The molecule has 2 aromatic heterocycles. The summed E-state index contributed by atoms with van der Waals surface area (Å²) < 4.78 is 6.59. The highest BCUT2D eigenvalue weighted by Crippen LogP contribution is 2.13. The molecular formula is C15H17N3O3. The van der Waals surface area contributed by atoms with Crippen molar-refractivity contribution in [1.29, 1.82) is 0 Å². The van der Waals surface area contributed by atoms with Crippen LogP contribution in [0.3, 0.4) is 0 Å². The topological polar surface area (TPSA) is 63.0 Å². The van der Waals surface area contributed by atoms with E-state index in [2.05, 4.69) is 10.1 Å². The molecule has 6 heteroatoms. The van der Waals surface area contributed by atoms with Crippen molar-refractivity contribution in [2.75, 3.05) is 20.2 Å². The summed E-state index contributed by atoms with van der Waals surface area (Å²) in [6, 6.07) is 7.62. The van der Waals surface area contributed by atoms with Crippen LogP contribution in [0.5, 0.6) is 0 Å². The molecule has 1 aliphatic rings. The molecule has 3 heterocycles. The third-order valence-electron chi connectivity index (χ3n) is 3.72. The Kier molecular flexibility index (Phi) is 3.51. The largest absolute Gasteiger partial charge is 0.453 e. The SMILES string of the molecule is COC(=O)N1CC[C@@H](NC(=O)c2cc3ccccn3c2)C1. The zero-order valence-corrected chi connectivity index (χ0v) is 11.8. The maximum atomic E-state index is 12.3. The Morgan fingerprint density at radius 3 is 3.00 bits per heavy atom. The molecule has 3 rings (SSSR count). The number of methoxy groups -OCH3 is 1. The Balaban J connectivity index is 1.65. The van der Waals surface area contributed by atoms with E-state index in [0.29, 0.717) is 18.7 Å². The van der Waals surface area contributed by atoms with Gasteiger partial charge >= 0.3 is 6.09 Å². The average Bonchev–Trinajstić information content (AvgIpc) is 3.12. The van der Waals surface area contributed by atoms with Crippen LogP contribution in [0.15, 0.2) is 36.7 Å². The van der Waals surface area contributed by atoms with Crippen molar-refractivity contribution in [3.8, 4) is 0 Å². The van der Waals surface area contributed by atoms with E-state index in [0.717, 1.165) is 11.9 Å². The van der Waals surface area contributed by atoms with E-state index in [1.165, 1.54) is 7.11 Å². The number of fused-ring (bicyclic) bond motifs is 1. The third-order valence-corrected chi connectivity index (χ3v) is 3.72. The number of pyridine rings is 1. The first kappa shape index (κ1) is 13.5. The van der Waals surface area contributed by atoms with Crippen LogP contribution in [0.25, 0.3) is 5.52 Å². The lowest BCUT2D eigenvalue weighted by atomic mass is 10.2. The van der Waals surface area contributed by atoms with Crippen LogP contribution in [0.1, 0.15) is 16.8 Å². The molecule has 6 nitrogen and oxygen atoms in total. The molecule has 0 bridgehead atoms. The van der Waals surface area contributed by atoms with Crippen LogP contribution in [0.2, 0.25) is 0 Å². The monoisotopic (exact) mass is 287 g/mol. The summed E-state index contributed by atoms with van der Waals surface area (Å²) in [7, 11) is 1.36. The first-order valence-corrected chi connectivity index (χ1v) is 6.88. The van der Waals surface area contributed by atoms with Gasteiger partial charge in [-0.3, -0.25) is 4.79 Å². The molecule has 0 aliphatic carbocycles. The Morgan fingerprint density at radius 2 is 2.24 bits per heavy atom. The van der Waals surface area contributed by atoms with E-state index >= 15 is 0 Å². The Hall–Kier alpha value is -2.50. The van der Waals surface area contributed by atoms with Crippen LogP contribution in [0, 0.1) is 0 Å². The number of rotatable bonds is 2. The number of hydrogen-bond acceptors (Lipinski definition) is 3. The lowest BCUT2D eigenvalue weighted by Crippen LogP contribution is -2.38. The Morgan fingerprint density at radius 1 is 1.38 bits per heavy atom. The summed E-state index contributed by atoms with van der Waals surface area (Å²) in [6.45, 7) is 1.10. The number of hydrogen-bond donors (Lipinski definition) is 1. The number of nitrogens with one attached hydrogen (secondary N) is 1. The minimum atomic E-state index is -0.346. The number of carbonyl (C=O) groups is 2. The maximum absolute atomic E-state index is 12.3. The van der Waals surface area contributed by atoms with Crippen molar-refractivity contribution in [2.45, 2.75) is 12.5 Å². The van der Waals surface area contributed by atoms with E-state index in [1.807, 2.05) is 34.9 Å². The fraction of sp³-hybridized carbons (Fsp3) is 0.333. The van der Waals surface area contributed by atoms with Crippen LogP contribution in [-0.2, 0) is 4.74 Å². The van der Waals surface area contributed by atoms with Gasteiger partial charge in [-0.15, -0.1) is 0 Å². The quantitative estimate of drug-likeness (QED) is 0.910. The van der Waals surface area contributed by atoms with Crippen LogP contribution >= 0.6 is 0 Å². The maximum Gasteiger partial charge on any atom is 0.409 e. The van der Waals surface area contributed by atoms with E-state index in [-0.39, 0.29) is 18.0 Å². The lowest BCUT2D eigenvalue weighted by Gasteiger charge is -2.15. The van der Waals surface area contributed by atoms with Crippen molar-refractivity contribution in [1.82, 2.24) is 14.6 Å². The fourth-order valence-corrected chi connectivity index (χ4v) is 2.62. The number of likely N-dealkylation sites (tertiary alicyclic amines) is 1. The second-order valence-electron chi connectivity index (χ2n) is 5.14. The zero-order chi connectivity index (χ0) is 14.8. The fourth-order valence-electron chi connectivity index (χ4n) is 2.62. The molecule has 110 valence electrons. The molecule has 0 unspecified atom stereocenters. The number of carbonyl (C=O) groups excluding carboxylic acids is 2. The Bertz CT molecular complexity index is 647. The second-order valence-corrected chi connectivity index (χ2v) is 5.14. The highest BCUT2D eigenvalue weighted by molar-refractivity contribution is 5.95. The summed E-state index contributed by atoms with van der Waals surface area (Å²) >= 11 is 0. The highest BCUT2D eigenvalue weighted by atomic mass is 16.5. The summed E-state index contributed by atoms with van der Waals surface area (Å²) in [4.78, 5) is 25.3. The molecule has 2 amide bonds. The normalized spacial score (nSPS) is 18.0. The van der Waals surface area contributed by atoms with Crippen LogP contribution in [0.4, 0.5) is 4.79 Å². The van der Waals surface area contributed by atoms with Crippen LogP contribution < -0.4 is 5.32 Å². The predicted octanol–water partition coefficient (Wildman–Crippen LogP) is 1.51. The van der Waals surface area contributed by atoms with Gasteiger partial charge in [0.25, 0.3) is 5.91 Å². The smallest absolute Gasteiger partial charge is 0.409 e. The average molecular weight is 287 g/mol. The van der Waals surface area contributed by atoms with E-state index < -0.39 is 0 Å². The molecule has 1 fully saturated rings. The van der Waals surface area contributed by atoms with Crippen molar-refractivity contribution in [2.24, 2.45) is 0 Å². The molecule has 2 aromatic rings. The lowest BCUT2D eigenvalue weighted by molar-refractivity contribution is 0.0934. The molecule has 1 atom stereocenters. The second kappa shape index (κ2) is 5.47. The molecule has 0 radical (unpaired) electrons. The number of aromatic nitrogens is 1. The van der Waals surface area contributed by atoms with Gasteiger partial charge in [-0.25, -0.2) is 4.79 Å². The Labute approximate surface area is 122 Å². The minimum absolute atomic E-state index is 0.0281. The number of nitrogens with zero attached hydrogens (tertiary/aromatic N) is 2. The van der Waals surface area contributed by atoms with E-state index in [1.54, 1.807) is 11.1 Å². The van der Waals surface area contributed by atoms with Crippen LogP contribution in [-0.4, -0.2) is 47.5 Å². The molecule has 21 heavy (non-hydrogen) atoms. The van der Waals surface area contributed by atoms with Gasteiger partial charge in [0, 0.05) is 37.0 Å². The van der Waals surface area contributed by atoms with Gasteiger partial charge in [-0.1, -0.05) is 6.07 Å². The summed E-state index contributed by atoms with van der Waals surface area (Å²) in [5, 5.41) is 2.96.